The number of nitrogens with two attached hydrogens (primary N) is 1. The Balaban J connectivity index is 1.68. The Hall–Kier alpha value is -3.25. The predicted molar refractivity (Wildman–Crippen MR) is 109 cm³/mol. The molecule has 136 valence electrons. The molecular formula is C20H18ClN5O. The highest BCUT2D eigenvalue weighted by molar-refractivity contribution is 6.33. The third-order valence-electron chi connectivity index (χ3n) is 4.26. The molecule has 0 amide bonds. The van der Waals surface area contributed by atoms with Crippen molar-refractivity contribution >= 4 is 39.8 Å². The lowest BCUT2D eigenvalue weighted by molar-refractivity contribution is 0.414. The van der Waals surface area contributed by atoms with Gasteiger partial charge in [-0.2, -0.15) is 5.10 Å². The third-order valence-corrected chi connectivity index (χ3v) is 4.59. The highest BCUT2D eigenvalue weighted by Crippen LogP contribution is 2.28. The summed E-state index contributed by atoms with van der Waals surface area (Å²) in [5.41, 5.74) is 9.97. The molecule has 0 saturated carbocycles. The minimum absolute atomic E-state index is 0.495. The molecule has 4 rings (SSSR count). The standard InChI is InChI=1S/C20H18ClN5O/c1-27-15-7-4-13(5-8-15)12-26-18-3-2-10-23-19(18)20(25-26)24-14-6-9-17(22)16(21)11-14/h2-11H,12,22H2,1H3,(H,24,25). The number of nitrogens with zero attached hydrogens (tertiary/aromatic N) is 3. The number of benzene rings is 2. The maximum Gasteiger partial charge on any atom is 0.179 e. The molecule has 0 aliphatic carbocycles. The average Bonchev–Trinajstić information content (AvgIpc) is 3.03. The fourth-order valence-corrected chi connectivity index (χ4v) is 3.04. The van der Waals surface area contributed by atoms with E-state index in [1.54, 1.807) is 25.4 Å². The molecule has 2 heterocycles. The minimum Gasteiger partial charge on any atom is -0.497 e. The number of ether oxygens (including phenoxy) is 1. The molecule has 6 nitrogen and oxygen atoms in total. The topological polar surface area (TPSA) is 78.0 Å². The molecule has 2 aromatic carbocycles. The lowest BCUT2D eigenvalue weighted by Crippen LogP contribution is -2.02. The van der Waals surface area contributed by atoms with Gasteiger partial charge in [-0.1, -0.05) is 23.7 Å². The molecule has 3 N–H and O–H groups in total. The molecule has 0 aliphatic heterocycles. The Labute approximate surface area is 161 Å². The monoisotopic (exact) mass is 379 g/mol. The zero-order valence-corrected chi connectivity index (χ0v) is 15.4. The van der Waals surface area contributed by atoms with E-state index in [2.05, 4.69) is 10.3 Å². The number of nitrogen functional groups attached to an aromatic ring is 1. The van der Waals surface area contributed by atoms with Gasteiger partial charge in [0.25, 0.3) is 0 Å². The molecule has 0 fully saturated rings. The predicted octanol–water partition coefficient (Wildman–Crippen LogP) is 4.47. The summed E-state index contributed by atoms with van der Waals surface area (Å²) >= 11 is 6.12. The molecule has 0 unspecified atom stereocenters. The van der Waals surface area contributed by atoms with Crippen molar-refractivity contribution < 1.29 is 4.74 Å². The molecule has 0 saturated heterocycles. The van der Waals surface area contributed by atoms with Crippen molar-refractivity contribution in [2.24, 2.45) is 0 Å². The van der Waals surface area contributed by atoms with Gasteiger partial charge in [-0.05, 0) is 48.0 Å². The maximum atomic E-state index is 6.12. The molecule has 0 aliphatic rings. The number of pyridine rings is 1. The van der Waals surface area contributed by atoms with E-state index in [1.165, 1.54) is 0 Å². The van der Waals surface area contributed by atoms with Crippen LogP contribution in [0.5, 0.6) is 5.75 Å². The van der Waals surface area contributed by atoms with Gasteiger partial charge in [0.1, 0.15) is 11.3 Å². The normalized spacial score (nSPS) is 10.9. The highest BCUT2D eigenvalue weighted by Gasteiger charge is 2.12. The number of anilines is 3. The lowest BCUT2D eigenvalue weighted by atomic mass is 10.2. The summed E-state index contributed by atoms with van der Waals surface area (Å²) in [5.74, 6) is 1.49. The molecular weight excluding hydrogens is 362 g/mol. The van der Waals surface area contributed by atoms with E-state index in [9.17, 15) is 0 Å². The van der Waals surface area contributed by atoms with Gasteiger partial charge in [0.05, 0.1) is 29.9 Å². The van der Waals surface area contributed by atoms with Crippen molar-refractivity contribution in [3.05, 3.63) is 71.4 Å². The van der Waals surface area contributed by atoms with Crippen LogP contribution in [0.3, 0.4) is 0 Å². The van der Waals surface area contributed by atoms with Gasteiger partial charge in [-0.25, -0.2) is 0 Å². The van der Waals surface area contributed by atoms with Crippen LogP contribution in [0.4, 0.5) is 17.2 Å². The first-order valence-electron chi connectivity index (χ1n) is 8.40. The Morgan fingerprint density at radius 3 is 2.70 bits per heavy atom. The summed E-state index contributed by atoms with van der Waals surface area (Å²) in [6.45, 7) is 0.621. The number of nitrogens with one attached hydrogen (secondary N) is 1. The Kier molecular flexibility index (Phi) is 4.56. The van der Waals surface area contributed by atoms with Gasteiger partial charge in [0.2, 0.25) is 0 Å². The zero-order valence-electron chi connectivity index (χ0n) is 14.7. The van der Waals surface area contributed by atoms with Crippen molar-refractivity contribution in [2.45, 2.75) is 6.54 Å². The van der Waals surface area contributed by atoms with Crippen LogP contribution in [0.2, 0.25) is 5.02 Å². The van der Waals surface area contributed by atoms with E-state index in [0.717, 1.165) is 28.0 Å². The van der Waals surface area contributed by atoms with Crippen molar-refractivity contribution in [1.29, 1.82) is 0 Å². The van der Waals surface area contributed by atoms with Gasteiger partial charge in [0, 0.05) is 11.9 Å². The highest BCUT2D eigenvalue weighted by atomic mass is 35.5. The van der Waals surface area contributed by atoms with E-state index >= 15 is 0 Å². The van der Waals surface area contributed by atoms with E-state index in [-0.39, 0.29) is 0 Å². The minimum atomic E-state index is 0.495. The quantitative estimate of drug-likeness (QED) is 0.500. The van der Waals surface area contributed by atoms with Gasteiger partial charge < -0.3 is 15.8 Å². The van der Waals surface area contributed by atoms with E-state index in [0.29, 0.717) is 23.1 Å². The number of methoxy groups -OCH3 is 1. The van der Waals surface area contributed by atoms with Crippen LogP contribution in [-0.2, 0) is 6.54 Å². The first-order chi connectivity index (χ1) is 13.1. The van der Waals surface area contributed by atoms with Crippen LogP contribution >= 0.6 is 11.6 Å². The Morgan fingerprint density at radius 2 is 1.96 bits per heavy atom. The van der Waals surface area contributed by atoms with Gasteiger partial charge >= 0.3 is 0 Å². The Morgan fingerprint density at radius 1 is 1.15 bits per heavy atom. The van der Waals surface area contributed by atoms with Gasteiger partial charge in [0.15, 0.2) is 5.82 Å². The number of halogens is 1. The number of rotatable bonds is 5. The zero-order chi connectivity index (χ0) is 18.8. The molecule has 0 radical (unpaired) electrons. The van der Waals surface area contributed by atoms with Crippen LogP contribution in [0, 0.1) is 0 Å². The summed E-state index contributed by atoms with van der Waals surface area (Å²) in [5, 5.41) is 8.49. The van der Waals surface area contributed by atoms with Gasteiger partial charge in [-0.15, -0.1) is 0 Å². The van der Waals surface area contributed by atoms with Crippen LogP contribution in [0.15, 0.2) is 60.8 Å². The van der Waals surface area contributed by atoms with Crippen LogP contribution in [0.25, 0.3) is 11.0 Å². The largest absolute Gasteiger partial charge is 0.497 e. The summed E-state index contributed by atoms with van der Waals surface area (Å²) in [6.07, 6.45) is 1.75. The summed E-state index contributed by atoms with van der Waals surface area (Å²) < 4.78 is 7.14. The van der Waals surface area contributed by atoms with E-state index in [1.807, 2.05) is 47.1 Å². The molecule has 2 aromatic heterocycles. The van der Waals surface area contributed by atoms with Crippen molar-refractivity contribution in [3.63, 3.8) is 0 Å². The van der Waals surface area contributed by atoms with E-state index in [4.69, 9.17) is 27.2 Å². The van der Waals surface area contributed by atoms with Crippen molar-refractivity contribution in [1.82, 2.24) is 14.8 Å². The second kappa shape index (κ2) is 7.17. The first-order valence-corrected chi connectivity index (χ1v) is 8.78. The molecule has 7 heteroatoms. The Bertz CT molecular complexity index is 1090. The average molecular weight is 380 g/mol. The van der Waals surface area contributed by atoms with Crippen molar-refractivity contribution in [2.75, 3.05) is 18.2 Å². The summed E-state index contributed by atoms with van der Waals surface area (Å²) in [4.78, 5) is 4.48. The SMILES string of the molecule is COc1ccc(Cn2nc(Nc3ccc(N)c(Cl)c3)c3ncccc32)cc1. The third kappa shape index (κ3) is 3.52. The van der Waals surface area contributed by atoms with Crippen LogP contribution < -0.4 is 15.8 Å². The van der Waals surface area contributed by atoms with Crippen LogP contribution in [-0.4, -0.2) is 21.9 Å². The fourth-order valence-electron chi connectivity index (χ4n) is 2.86. The fraction of sp³-hybridized carbons (Fsp3) is 0.100. The number of fused-ring (bicyclic) bond motifs is 1. The smallest absolute Gasteiger partial charge is 0.179 e. The lowest BCUT2D eigenvalue weighted by Gasteiger charge is -2.06. The first kappa shape index (κ1) is 17.2. The summed E-state index contributed by atoms with van der Waals surface area (Å²) in [6, 6.07) is 17.2. The molecule has 0 bridgehead atoms. The second-order valence-electron chi connectivity index (χ2n) is 6.09. The molecule has 27 heavy (non-hydrogen) atoms. The second-order valence-corrected chi connectivity index (χ2v) is 6.49. The van der Waals surface area contributed by atoms with Crippen molar-refractivity contribution in [3.8, 4) is 5.75 Å². The van der Waals surface area contributed by atoms with Crippen LogP contribution in [0.1, 0.15) is 5.56 Å². The number of hydrogen-bond donors (Lipinski definition) is 2. The summed E-state index contributed by atoms with van der Waals surface area (Å²) in [7, 11) is 1.66. The number of hydrogen-bond acceptors (Lipinski definition) is 5. The maximum absolute atomic E-state index is 6.12. The van der Waals surface area contributed by atoms with E-state index < -0.39 is 0 Å². The molecule has 0 spiro atoms. The number of aromatic nitrogens is 3. The van der Waals surface area contributed by atoms with Gasteiger partial charge in [-0.3, -0.25) is 9.67 Å². The molecule has 0 atom stereocenters. The molecule has 4 aromatic rings.